The molecule has 0 spiro atoms. The molecule has 6 nitrogen and oxygen atoms in total. The van der Waals surface area contributed by atoms with Crippen LogP contribution in [0.2, 0.25) is 0 Å². The Bertz CT molecular complexity index is 666. The van der Waals surface area contributed by atoms with Crippen molar-refractivity contribution in [2.75, 3.05) is 26.8 Å². The monoisotopic (exact) mass is 340 g/mol. The number of aromatic nitrogens is 1. The van der Waals surface area contributed by atoms with Crippen molar-refractivity contribution in [2.45, 2.75) is 12.6 Å². The lowest BCUT2D eigenvalue weighted by Gasteiger charge is -2.28. The summed E-state index contributed by atoms with van der Waals surface area (Å²) in [6, 6.07) is 13.9. The van der Waals surface area contributed by atoms with Crippen LogP contribution in [0.15, 0.2) is 54.9 Å². The van der Waals surface area contributed by atoms with Crippen LogP contribution in [-0.4, -0.2) is 42.6 Å². The van der Waals surface area contributed by atoms with Crippen molar-refractivity contribution < 1.29 is 9.53 Å². The molecule has 3 rings (SSSR count). The number of hydrogen-bond acceptors (Lipinski definition) is 5. The predicted molar refractivity (Wildman–Crippen MR) is 95.3 cm³/mol. The average Bonchev–Trinajstić information content (AvgIpc) is 3.16. The maximum Gasteiger partial charge on any atom is 0.229 e. The van der Waals surface area contributed by atoms with Crippen LogP contribution in [0.3, 0.4) is 0 Å². The minimum absolute atomic E-state index is 0.0313. The Morgan fingerprint density at radius 2 is 2.00 bits per heavy atom. The zero-order chi connectivity index (χ0) is 17.5. The molecule has 0 radical (unpaired) electrons. The molecule has 1 aliphatic rings. The Hall–Kier alpha value is -2.28. The van der Waals surface area contributed by atoms with Crippen molar-refractivity contribution in [3.8, 4) is 0 Å². The van der Waals surface area contributed by atoms with Gasteiger partial charge in [0.15, 0.2) is 0 Å². The van der Waals surface area contributed by atoms with Gasteiger partial charge >= 0.3 is 0 Å². The van der Waals surface area contributed by atoms with Gasteiger partial charge in [-0.2, -0.15) is 0 Å². The van der Waals surface area contributed by atoms with Crippen molar-refractivity contribution >= 4 is 5.91 Å². The highest BCUT2D eigenvalue weighted by molar-refractivity contribution is 5.80. The van der Waals surface area contributed by atoms with Gasteiger partial charge < -0.3 is 9.64 Å². The number of ether oxygens (including phenoxy) is 1. The molecule has 0 saturated carbocycles. The summed E-state index contributed by atoms with van der Waals surface area (Å²) in [7, 11) is 1.65. The molecule has 1 saturated heterocycles. The highest BCUT2D eigenvalue weighted by Gasteiger charge is 2.36. The number of pyridine rings is 1. The Morgan fingerprint density at radius 1 is 1.24 bits per heavy atom. The van der Waals surface area contributed by atoms with Crippen molar-refractivity contribution in [1.29, 1.82) is 0 Å². The molecule has 25 heavy (non-hydrogen) atoms. The van der Waals surface area contributed by atoms with Crippen molar-refractivity contribution in [3.05, 3.63) is 66.0 Å². The van der Waals surface area contributed by atoms with E-state index in [0.717, 1.165) is 11.1 Å². The Morgan fingerprint density at radius 3 is 2.72 bits per heavy atom. The highest BCUT2D eigenvalue weighted by Crippen LogP contribution is 2.26. The number of carbonyl (C=O) groups is 1. The second-order valence-corrected chi connectivity index (χ2v) is 6.13. The first-order valence-electron chi connectivity index (χ1n) is 8.49. The van der Waals surface area contributed by atoms with Crippen LogP contribution in [0.5, 0.6) is 0 Å². The van der Waals surface area contributed by atoms with E-state index in [1.54, 1.807) is 19.5 Å². The molecule has 0 bridgehead atoms. The minimum Gasteiger partial charge on any atom is -0.383 e. The maximum atomic E-state index is 13.2. The van der Waals surface area contributed by atoms with E-state index >= 15 is 0 Å². The van der Waals surface area contributed by atoms with Gasteiger partial charge in [-0.3, -0.25) is 15.2 Å². The van der Waals surface area contributed by atoms with Crippen LogP contribution in [-0.2, 0) is 16.1 Å². The molecular formula is C19H24N4O2. The molecule has 2 atom stereocenters. The van der Waals surface area contributed by atoms with Crippen LogP contribution < -0.4 is 10.9 Å². The Labute approximate surface area is 148 Å². The summed E-state index contributed by atoms with van der Waals surface area (Å²) in [5.41, 5.74) is 8.55. The third kappa shape index (κ3) is 4.42. The smallest absolute Gasteiger partial charge is 0.229 e. The number of methoxy groups -OCH3 is 1. The third-order valence-electron chi connectivity index (χ3n) is 4.46. The second kappa shape index (κ2) is 8.71. The number of benzene rings is 1. The van der Waals surface area contributed by atoms with Crippen LogP contribution in [0.25, 0.3) is 0 Å². The van der Waals surface area contributed by atoms with Crippen molar-refractivity contribution in [1.82, 2.24) is 20.7 Å². The van der Waals surface area contributed by atoms with Gasteiger partial charge in [0.1, 0.15) is 0 Å². The minimum atomic E-state index is -0.152. The van der Waals surface area contributed by atoms with E-state index in [4.69, 9.17) is 4.74 Å². The van der Waals surface area contributed by atoms with E-state index < -0.39 is 0 Å². The quantitative estimate of drug-likeness (QED) is 0.800. The lowest BCUT2D eigenvalue weighted by molar-refractivity contribution is -0.136. The molecule has 2 heterocycles. The first-order chi connectivity index (χ1) is 12.3. The number of amides is 1. The zero-order valence-corrected chi connectivity index (χ0v) is 14.4. The molecule has 2 N–H and O–H groups in total. The van der Waals surface area contributed by atoms with Crippen LogP contribution in [0.4, 0.5) is 0 Å². The fraction of sp³-hybridized carbons (Fsp3) is 0.368. The molecule has 0 aliphatic carbocycles. The molecule has 132 valence electrons. The van der Waals surface area contributed by atoms with Gasteiger partial charge in [-0.25, -0.2) is 5.43 Å². The second-order valence-electron chi connectivity index (χ2n) is 6.13. The standard InChI is InChI=1S/C19H24N4O2/c1-25-12-11-23(14-15-7-9-20-10-8-15)19(24)17-13-21-22-18(17)16-5-3-2-4-6-16/h2-10,17-18,21-22H,11-14H2,1H3. The largest absolute Gasteiger partial charge is 0.383 e. The van der Waals surface area contributed by atoms with Crippen molar-refractivity contribution in [2.24, 2.45) is 5.92 Å². The number of hydrazine groups is 1. The highest BCUT2D eigenvalue weighted by atomic mass is 16.5. The van der Waals surface area contributed by atoms with E-state index in [2.05, 4.69) is 15.8 Å². The topological polar surface area (TPSA) is 66.5 Å². The average molecular weight is 340 g/mol. The summed E-state index contributed by atoms with van der Waals surface area (Å²) in [5, 5.41) is 0. The zero-order valence-electron chi connectivity index (χ0n) is 14.4. The van der Waals surface area contributed by atoms with Gasteiger partial charge in [0.2, 0.25) is 5.91 Å². The normalized spacial score (nSPS) is 19.7. The van der Waals surface area contributed by atoms with Crippen LogP contribution in [0, 0.1) is 5.92 Å². The lowest BCUT2D eigenvalue weighted by Crippen LogP contribution is -2.40. The fourth-order valence-electron chi connectivity index (χ4n) is 3.11. The van der Waals surface area contributed by atoms with Gasteiger partial charge in [-0.15, -0.1) is 0 Å². The number of nitrogens with one attached hydrogen (secondary N) is 2. The number of carbonyl (C=O) groups excluding carboxylic acids is 1. The van der Waals surface area contributed by atoms with E-state index in [1.165, 1.54) is 0 Å². The molecule has 1 aromatic carbocycles. The van der Waals surface area contributed by atoms with E-state index in [0.29, 0.717) is 26.2 Å². The summed E-state index contributed by atoms with van der Waals surface area (Å²) < 4.78 is 5.20. The summed E-state index contributed by atoms with van der Waals surface area (Å²) in [6.07, 6.45) is 3.50. The maximum absolute atomic E-state index is 13.2. The Balaban J connectivity index is 1.76. The lowest BCUT2D eigenvalue weighted by atomic mass is 9.93. The van der Waals surface area contributed by atoms with E-state index in [9.17, 15) is 4.79 Å². The van der Waals surface area contributed by atoms with E-state index in [-0.39, 0.29) is 17.9 Å². The van der Waals surface area contributed by atoms with Gasteiger partial charge in [0, 0.05) is 39.1 Å². The molecule has 6 heteroatoms. The first kappa shape index (κ1) is 17.5. The Kier molecular flexibility index (Phi) is 6.11. The van der Waals surface area contributed by atoms with Gasteiger partial charge in [-0.05, 0) is 23.3 Å². The molecule has 2 aromatic rings. The van der Waals surface area contributed by atoms with Crippen molar-refractivity contribution in [3.63, 3.8) is 0 Å². The molecular weight excluding hydrogens is 316 g/mol. The first-order valence-corrected chi connectivity index (χ1v) is 8.49. The van der Waals surface area contributed by atoms with E-state index in [1.807, 2.05) is 47.4 Å². The third-order valence-corrected chi connectivity index (χ3v) is 4.46. The predicted octanol–water partition coefficient (Wildman–Crippen LogP) is 1.52. The summed E-state index contributed by atoms with van der Waals surface area (Å²) >= 11 is 0. The molecule has 1 aromatic heterocycles. The SMILES string of the molecule is COCCN(Cc1ccncc1)C(=O)C1CNNC1c1ccccc1. The molecule has 2 unspecified atom stereocenters. The fourth-order valence-corrected chi connectivity index (χ4v) is 3.11. The number of rotatable bonds is 7. The summed E-state index contributed by atoms with van der Waals surface area (Å²) in [6.45, 7) is 2.25. The summed E-state index contributed by atoms with van der Waals surface area (Å²) in [5.74, 6) is -0.0266. The summed E-state index contributed by atoms with van der Waals surface area (Å²) in [4.78, 5) is 19.1. The van der Waals surface area contributed by atoms with Gasteiger partial charge in [0.05, 0.1) is 18.6 Å². The number of hydrogen-bond donors (Lipinski definition) is 2. The molecule has 1 aliphatic heterocycles. The molecule has 1 fully saturated rings. The van der Waals surface area contributed by atoms with Crippen LogP contribution in [0.1, 0.15) is 17.2 Å². The van der Waals surface area contributed by atoms with Gasteiger partial charge in [0.25, 0.3) is 0 Å². The number of nitrogens with zero attached hydrogens (tertiary/aromatic N) is 2. The molecule has 1 amide bonds. The van der Waals surface area contributed by atoms with Gasteiger partial charge in [-0.1, -0.05) is 30.3 Å². The van der Waals surface area contributed by atoms with Crippen LogP contribution >= 0.6 is 0 Å².